The molecule has 1 aromatic carbocycles. The predicted octanol–water partition coefficient (Wildman–Crippen LogP) is 1.74. The number of carbonyl (C=O) groups excluding carboxylic acids is 2. The van der Waals surface area contributed by atoms with Crippen molar-refractivity contribution < 1.29 is 14.0 Å². The Morgan fingerprint density at radius 3 is 2.68 bits per heavy atom. The zero-order valence-electron chi connectivity index (χ0n) is 12.2. The Hall–Kier alpha value is -2.40. The maximum atomic E-state index is 12.3. The molecular weight excluding hydrogens is 280 g/mol. The third-order valence-electron chi connectivity index (χ3n) is 3.81. The molecule has 1 aliphatic rings. The van der Waals surface area contributed by atoms with E-state index >= 15 is 0 Å². The van der Waals surface area contributed by atoms with Crippen LogP contribution < -0.4 is 5.32 Å². The molecule has 0 spiro atoms. The van der Waals surface area contributed by atoms with Crippen molar-refractivity contribution in [3.63, 3.8) is 0 Å². The first-order chi connectivity index (χ1) is 10.7. The van der Waals surface area contributed by atoms with Crippen molar-refractivity contribution in [2.45, 2.75) is 25.4 Å². The van der Waals surface area contributed by atoms with E-state index in [2.05, 4.69) is 5.32 Å². The lowest BCUT2D eigenvalue weighted by atomic mass is 10.1. The Labute approximate surface area is 128 Å². The van der Waals surface area contributed by atoms with Crippen LogP contribution >= 0.6 is 0 Å². The summed E-state index contributed by atoms with van der Waals surface area (Å²) in [7, 11) is 0. The van der Waals surface area contributed by atoms with Gasteiger partial charge in [-0.3, -0.25) is 19.8 Å². The van der Waals surface area contributed by atoms with Gasteiger partial charge in [0.2, 0.25) is 11.8 Å². The molecule has 2 aromatic rings. The fourth-order valence-electron chi connectivity index (χ4n) is 2.60. The maximum Gasteiger partial charge on any atom is 0.246 e. The van der Waals surface area contributed by atoms with Gasteiger partial charge < -0.3 is 4.42 Å². The minimum atomic E-state index is -0.451. The predicted molar refractivity (Wildman–Crippen MR) is 80.8 cm³/mol. The summed E-state index contributed by atoms with van der Waals surface area (Å²) in [6, 6.07) is 13.0. The molecule has 2 heterocycles. The van der Waals surface area contributed by atoms with Crippen molar-refractivity contribution in [3.05, 3.63) is 60.1 Å². The van der Waals surface area contributed by atoms with E-state index in [0.29, 0.717) is 19.5 Å². The van der Waals surface area contributed by atoms with E-state index in [4.69, 9.17) is 4.42 Å². The van der Waals surface area contributed by atoms with Crippen LogP contribution in [0.15, 0.2) is 53.1 Å². The van der Waals surface area contributed by atoms with Gasteiger partial charge in [-0.1, -0.05) is 30.3 Å². The normalized spacial score (nSPS) is 18.2. The molecule has 1 atom stereocenters. The second-order valence-corrected chi connectivity index (χ2v) is 5.34. The molecule has 1 fully saturated rings. The molecule has 3 rings (SSSR count). The van der Waals surface area contributed by atoms with Crippen molar-refractivity contribution in [1.82, 2.24) is 10.2 Å². The largest absolute Gasteiger partial charge is 0.468 e. The fourth-order valence-corrected chi connectivity index (χ4v) is 2.60. The van der Waals surface area contributed by atoms with Gasteiger partial charge in [-0.25, -0.2) is 0 Å². The Morgan fingerprint density at radius 1 is 1.14 bits per heavy atom. The summed E-state index contributed by atoms with van der Waals surface area (Å²) in [5, 5.41) is 3.09. The number of hydrogen-bond donors (Lipinski definition) is 1. The topological polar surface area (TPSA) is 62.6 Å². The van der Waals surface area contributed by atoms with Crippen molar-refractivity contribution in [1.29, 1.82) is 0 Å². The van der Waals surface area contributed by atoms with E-state index in [1.807, 2.05) is 36.4 Å². The number of benzene rings is 1. The third kappa shape index (κ3) is 3.26. The standard InChI is InChI=1S/C17H18N2O3/c20-16-11-15(18-12-14-7-4-10-22-14)17(21)19(16)9-8-13-5-2-1-3-6-13/h1-7,10,15,18H,8-9,11-12H2/t15-/m1/s1. The van der Waals surface area contributed by atoms with Crippen molar-refractivity contribution in [2.75, 3.05) is 6.54 Å². The smallest absolute Gasteiger partial charge is 0.246 e. The van der Waals surface area contributed by atoms with E-state index in [1.54, 1.807) is 12.3 Å². The number of likely N-dealkylation sites (tertiary alicyclic amines) is 1. The molecule has 1 N–H and O–H groups in total. The molecule has 0 unspecified atom stereocenters. The number of carbonyl (C=O) groups is 2. The zero-order chi connectivity index (χ0) is 15.4. The van der Waals surface area contributed by atoms with Crippen LogP contribution in [0.1, 0.15) is 17.7 Å². The average Bonchev–Trinajstić information content (AvgIpc) is 3.14. The number of amides is 2. The molecule has 5 nitrogen and oxygen atoms in total. The molecule has 114 valence electrons. The van der Waals surface area contributed by atoms with Gasteiger partial charge >= 0.3 is 0 Å². The van der Waals surface area contributed by atoms with E-state index in [1.165, 1.54) is 4.90 Å². The summed E-state index contributed by atoms with van der Waals surface area (Å²) in [6.07, 6.45) is 2.49. The molecule has 1 aromatic heterocycles. The Bertz CT molecular complexity index is 637. The Balaban J connectivity index is 1.54. The number of hydrogen-bond acceptors (Lipinski definition) is 4. The summed E-state index contributed by atoms with van der Waals surface area (Å²) in [6.45, 7) is 0.879. The molecule has 1 saturated heterocycles. The Kier molecular flexibility index (Phi) is 4.34. The molecule has 2 amide bonds. The second kappa shape index (κ2) is 6.58. The van der Waals surface area contributed by atoms with E-state index < -0.39 is 6.04 Å². The lowest BCUT2D eigenvalue weighted by molar-refractivity contribution is -0.138. The SMILES string of the molecule is O=C1C[C@@H](NCc2ccco2)C(=O)N1CCc1ccccc1. The van der Waals surface area contributed by atoms with Crippen LogP contribution in [0, 0.1) is 0 Å². The van der Waals surface area contributed by atoms with Gasteiger partial charge in [-0.15, -0.1) is 0 Å². The van der Waals surface area contributed by atoms with Gasteiger partial charge in [-0.05, 0) is 24.1 Å². The Morgan fingerprint density at radius 2 is 1.95 bits per heavy atom. The molecule has 1 aliphatic heterocycles. The average molecular weight is 298 g/mol. The highest BCUT2D eigenvalue weighted by atomic mass is 16.3. The van der Waals surface area contributed by atoms with Gasteiger partial charge in [0.15, 0.2) is 0 Å². The van der Waals surface area contributed by atoms with Gasteiger partial charge in [0.05, 0.1) is 25.3 Å². The summed E-state index contributed by atoms with van der Waals surface area (Å²) in [5.74, 6) is 0.494. The summed E-state index contributed by atoms with van der Waals surface area (Å²) < 4.78 is 5.22. The minimum absolute atomic E-state index is 0.113. The summed E-state index contributed by atoms with van der Waals surface area (Å²) in [4.78, 5) is 25.7. The first-order valence-corrected chi connectivity index (χ1v) is 7.38. The van der Waals surface area contributed by atoms with Crippen LogP contribution in [0.2, 0.25) is 0 Å². The van der Waals surface area contributed by atoms with Crippen LogP contribution in [0.4, 0.5) is 0 Å². The van der Waals surface area contributed by atoms with Crippen LogP contribution in [0.3, 0.4) is 0 Å². The first kappa shape index (κ1) is 14.5. The van der Waals surface area contributed by atoms with Crippen LogP contribution in [0.25, 0.3) is 0 Å². The number of rotatable bonds is 6. The molecular formula is C17H18N2O3. The van der Waals surface area contributed by atoms with Crippen LogP contribution in [-0.4, -0.2) is 29.3 Å². The number of nitrogens with zero attached hydrogens (tertiary/aromatic N) is 1. The molecule has 0 saturated carbocycles. The summed E-state index contributed by atoms with van der Waals surface area (Å²) in [5.41, 5.74) is 1.12. The maximum absolute atomic E-state index is 12.3. The number of imide groups is 1. The number of furan rings is 1. The molecule has 0 aliphatic carbocycles. The molecule has 22 heavy (non-hydrogen) atoms. The molecule has 0 bridgehead atoms. The highest BCUT2D eigenvalue weighted by Crippen LogP contribution is 2.15. The highest BCUT2D eigenvalue weighted by molar-refractivity contribution is 6.05. The van der Waals surface area contributed by atoms with Gasteiger partial charge in [0.25, 0.3) is 0 Å². The minimum Gasteiger partial charge on any atom is -0.468 e. The highest BCUT2D eigenvalue weighted by Gasteiger charge is 2.37. The van der Waals surface area contributed by atoms with Crippen molar-refractivity contribution >= 4 is 11.8 Å². The van der Waals surface area contributed by atoms with Gasteiger partial charge in [-0.2, -0.15) is 0 Å². The zero-order valence-corrected chi connectivity index (χ0v) is 12.2. The van der Waals surface area contributed by atoms with E-state index in [-0.39, 0.29) is 18.2 Å². The lowest BCUT2D eigenvalue weighted by Crippen LogP contribution is -2.39. The lowest BCUT2D eigenvalue weighted by Gasteiger charge is -2.15. The number of nitrogens with one attached hydrogen (secondary N) is 1. The second-order valence-electron chi connectivity index (χ2n) is 5.34. The molecule has 5 heteroatoms. The van der Waals surface area contributed by atoms with Crippen LogP contribution in [-0.2, 0) is 22.6 Å². The van der Waals surface area contributed by atoms with Crippen molar-refractivity contribution in [3.8, 4) is 0 Å². The quantitative estimate of drug-likeness (QED) is 0.825. The summed E-state index contributed by atoms with van der Waals surface area (Å²) >= 11 is 0. The van der Waals surface area contributed by atoms with Gasteiger partial charge in [0.1, 0.15) is 5.76 Å². The fraction of sp³-hybridized carbons (Fsp3) is 0.294. The first-order valence-electron chi connectivity index (χ1n) is 7.38. The van der Waals surface area contributed by atoms with Gasteiger partial charge in [0, 0.05) is 6.54 Å². The van der Waals surface area contributed by atoms with E-state index in [9.17, 15) is 9.59 Å². The van der Waals surface area contributed by atoms with Crippen LogP contribution in [0.5, 0.6) is 0 Å². The third-order valence-corrected chi connectivity index (χ3v) is 3.81. The van der Waals surface area contributed by atoms with E-state index in [0.717, 1.165) is 11.3 Å². The molecule has 0 radical (unpaired) electrons. The van der Waals surface area contributed by atoms with Crippen molar-refractivity contribution in [2.24, 2.45) is 0 Å². The monoisotopic (exact) mass is 298 g/mol.